The van der Waals surface area contributed by atoms with Gasteiger partial charge in [-0.05, 0) is 32.0 Å². The number of aryl methyl sites for hydroxylation is 2. The first-order valence-electron chi connectivity index (χ1n) is 9.90. The van der Waals surface area contributed by atoms with Crippen LogP contribution >= 0.6 is 0 Å². The van der Waals surface area contributed by atoms with Gasteiger partial charge in [0.1, 0.15) is 17.7 Å². The van der Waals surface area contributed by atoms with E-state index >= 15 is 4.39 Å². The molecule has 1 unspecified atom stereocenters. The largest absolute Gasteiger partial charge is 0.488 e. The van der Waals surface area contributed by atoms with Crippen LogP contribution < -0.4 is 4.74 Å². The molecule has 1 atom stereocenters. The molecule has 1 fully saturated rings. The van der Waals surface area contributed by atoms with Crippen LogP contribution in [0.4, 0.5) is 4.39 Å². The van der Waals surface area contributed by atoms with Crippen LogP contribution in [0.15, 0.2) is 30.7 Å². The van der Waals surface area contributed by atoms with Gasteiger partial charge in [0.2, 0.25) is 0 Å². The Balaban J connectivity index is 1.74. The van der Waals surface area contributed by atoms with Crippen molar-refractivity contribution < 1.29 is 13.9 Å². The molecule has 0 saturated carbocycles. The van der Waals surface area contributed by atoms with Crippen LogP contribution in [-0.4, -0.2) is 44.1 Å². The predicted molar refractivity (Wildman–Crippen MR) is 111 cm³/mol. The van der Waals surface area contributed by atoms with E-state index in [4.69, 9.17) is 9.47 Å². The van der Waals surface area contributed by atoms with E-state index in [-0.39, 0.29) is 11.9 Å². The van der Waals surface area contributed by atoms with Crippen LogP contribution in [0.5, 0.6) is 5.75 Å². The Morgan fingerprint density at radius 2 is 2.03 bits per heavy atom. The Labute approximate surface area is 172 Å². The van der Waals surface area contributed by atoms with Gasteiger partial charge in [-0.2, -0.15) is 5.10 Å². The first-order chi connectivity index (χ1) is 14.5. The summed E-state index contributed by atoms with van der Waals surface area (Å²) in [7, 11) is 1.86. The summed E-state index contributed by atoms with van der Waals surface area (Å²) >= 11 is 0. The fourth-order valence-electron chi connectivity index (χ4n) is 4.08. The van der Waals surface area contributed by atoms with Gasteiger partial charge in [0.25, 0.3) is 0 Å². The Morgan fingerprint density at radius 3 is 2.77 bits per heavy atom. The number of benzene rings is 1. The van der Waals surface area contributed by atoms with Crippen LogP contribution in [0.2, 0.25) is 0 Å². The second-order valence-corrected chi connectivity index (χ2v) is 7.56. The number of nitrogens with one attached hydrogen (secondary N) is 1. The predicted octanol–water partition coefficient (Wildman–Crippen LogP) is 3.95. The van der Waals surface area contributed by atoms with Crippen molar-refractivity contribution in [3.63, 3.8) is 0 Å². The number of nitrogens with zero attached hydrogens (tertiary/aromatic N) is 4. The highest BCUT2D eigenvalue weighted by atomic mass is 19.1. The van der Waals surface area contributed by atoms with Crippen molar-refractivity contribution in [2.45, 2.75) is 26.4 Å². The first-order valence-corrected chi connectivity index (χ1v) is 9.90. The van der Waals surface area contributed by atoms with Crippen molar-refractivity contribution in [2.75, 3.05) is 13.2 Å². The van der Waals surface area contributed by atoms with E-state index in [1.54, 1.807) is 35.4 Å². The zero-order valence-corrected chi connectivity index (χ0v) is 17.1. The molecule has 1 aliphatic heterocycles. The molecule has 0 bridgehead atoms. The Bertz CT molecular complexity index is 1240. The molecule has 4 aromatic rings. The van der Waals surface area contributed by atoms with Gasteiger partial charge in [-0.25, -0.2) is 14.4 Å². The molecule has 0 aliphatic carbocycles. The van der Waals surface area contributed by atoms with E-state index in [1.165, 1.54) is 0 Å². The highest BCUT2D eigenvalue weighted by molar-refractivity contribution is 5.91. The Hall–Kier alpha value is -3.26. The lowest BCUT2D eigenvalue weighted by molar-refractivity contribution is 0.141. The van der Waals surface area contributed by atoms with E-state index in [0.717, 1.165) is 23.4 Å². The van der Waals surface area contributed by atoms with Gasteiger partial charge >= 0.3 is 0 Å². The molecule has 4 heterocycles. The van der Waals surface area contributed by atoms with Crippen molar-refractivity contribution in [3.05, 3.63) is 47.9 Å². The van der Waals surface area contributed by atoms with Gasteiger partial charge < -0.3 is 14.5 Å². The number of pyridine rings is 1. The number of H-pyrrole nitrogens is 1. The fraction of sp³-hybridized carbons (Fsp3) is 0.318. The summed E-state index contributed by atoms with van der Waals surface area (Å²) < 4.78 is 29.3. The fourth-order valence-corrected chi connectivity index (χ4v) is 4.08. The Kier molecular flexibility index (Phi) is 4.51. The topological polar surface area (TPSA) is 77.8 Å². The zero-order chi connectivity index (χ0) is 20.8. The minimum absolute atomic E-state index is 0.0446. The molecule has 0 amide bonds. The van der Waals surface area contributed by atoms with Crippen molar-refractivity contribution in [1.29, 1.82) is 0 Å². The molecule has 1 N–H and O–H groups in total. The minimum Gasteiger partial charge on any atom is -0.488 e. The normalized spacial score (nSPS) is 16.5. The van der Waals surface area contributed by atoms with E-state index in [2.05, 4.69) is 20.1 Å². The van der Waals surface area contributed by atoms with Crippen molar-refractivity contribution in [3.8, 4) is 28.0 Å². The van der Waals surface area contributed by atoms with Crippen LogP contribution in [0.1, 0.15) is 17.8 Å². The SMILES string of the molecule is Cc1nn(C)c(C)c1-c1cc(OC2CCOC2)cc(-c2ccnc3nc[nH]c23)c1F. The number of hydrogen-bond donors (Lipinski definition) is 1. The summed E-state index contributed by atoms with van der Waals surface area (Å²) in [4.78, 5) is 11.5. The third kappa shape index (κ3) is 3.04. The van der Waals surface area contributed by atoms with E-state index < -0.39 is 0 Å². The molecule has 154 valence electrons. The molecule has 7 nitrogen and oxygen atoms in total. The average Bonchev–Trinajstić information content (AvgIpc) is 3.45. The third-order valence-electron chi connectivity index (χ3n) is 5.63. The lowest BCUT2D eigenvalue weighted by atomic mass is 9.96. The number of aromatic amines is 1. The number of imidazole rings is 1. The number of hydrogen-bond acceptors (Lipinski definition) is 5. The molecular weight excluding hydrogens is 385 g/mol. The van der Waals surface area contributed by atoms with Crippen LogP contribution in [0, 0.1) is 19.7 Å². The summed E-state index contributed by atoms with van der Waals surface area (Å²) in [5.41, 5.74) is 5.24. The van der Waals surface area contributed by atoms with Crippen molar-refractivity contribution in [1.82, 2.24) is 24.7 Å². The minimum atomic E-state index is -0.327. The highest BCUT2D eigenvalue weighted by Crippen LogP contribution is 2.39. The second-order valence-electron chi connectivity index (χ2n) is 7.56. The van der Waals surface area contributed by atoms with Crippen LogP contribution in [0.3, 0.4) is 0 Å². The molecule has 1 aliphatic rings. The average molecular weight is 407 g/mol. The standard InChI is InChI=1S/C22H22FN5O2/c1-12-19(13(2)28(3)27-12)18-9-15(30-14-5-7-29-10-14)8-17(20(18)23)16-4-6-24-22-21(16)25-11-26-22/h4,6,8-9,11,14H,5,7,10H2,1-3H3,(H,24,25,26). The summed E-state index contributed by atoms with van der Waals surface area (Å²) in [5.74, 6) is 0.273. The third-order valence-corrected chi connectivity index (χ3v) is 5.63. The molecule has 3 aromatic heterocycles. The summed E-state index contributed by atoms with van der Waals surface area (Å²) in [6.07, 6.45) is 3.96. The number of ether oxygens (including phenoxy) is 2. The monoisotopic (exact) mass is 407 g/mol. The van der Waals surface area contributed by atoms with Gasteiger partial charge in [-0.1, -0.05) is 0 Å². The summed E-state index contributed by atoms with van der Waals surface area (Å²) in [6, 6.07) is 5.29. The van der Waals surface area contributed by atoms with Gasteiger partial charge in [0.05, 0.1) is 30.8 Å². The van der Waals surface area contributed by atoms with Gasteiger partial charge in [-0.15, -0.1) is 0 Å². The van der Waals surface area contributed by atoms with E-state index in [1.807, 2.05) is 20.9 Å². The molecule has 8 heteroatoms. The van der Waals surface area contributed by atoms with Gasteiger partial charge in [-0.3, -0.25) is 4.68 Å². The molecule has 0 spiro atoms. The first kappa shape index (κ1) is 18.7. The number of halogens is 1. The van der Waals surface area contributed by atoms with Gasteiger partial charge in [0.15, 0.2) is 5.65 Å². The zero-order valence-electron chi connectivity index (χ0n) is 17.1. The molecule has 1 saturated heterocycles. The summed E-state index contributed by atoms with van der Waals surface area (Å²) in [6.45, 7) is 5.03. The Morgan fingerprint density at radius 1 is 1.20 bits per heavy atom. The molecule has 30 heavy (non-hydrogen) atoms. The smallest absolute Gasteiger partial charge is 0.178 e. The maximum Gasteiger partial charge on any atom is 0.178 e. The van der Waals surface area contributed by atoms with Gasteiger partial charge in [0, 0.05) is 47.6 Å². The highest BCUT2D eigenvalue weighted by Gasteiger charge is 2.24. The quantitative estimate of drug-likeness (QED) is 0.554. The van der Waals surface area contributed by atoms with Crippen molar-refractivity contribution >= 4 is 11.2 Å². The van der Waals surface area contributed by atoms with Crippen molar-refractivity contribution in [2.24, 2.45) is 7.05 Å². The number of fused-ring (bicyclic) bond motifs is 1. The van der Waals surface area contributed by atoms with Crippen LogP contribution in [0.25, 0.3) is 33.4 Å². The summed E-state index contributed by atoms with van der Waals surface area (Å²) in [5, 5.41) is 4.47. The maximum atomic E-state index is 16.0. The lowest BCUT2D eigenvalue weighted by Gasteiger charge is -2.17. The molecule has 5 rings (SSSR count). The molecule has 0 radical (unpaired) electrons. The van der Waals surface area contributed by atoms with Crippen LogP contribution in [-0.2, 0) is 11.8 Å². The number of rotatable bonds is 4. The molecular formula is C22H22FN5O2. The molecule has 1 aromatic carbocycles. The number of aromatic nitrogens is 5. The second kappa shape index (κ2) is 7.21. The van der Waals surface area contributed by atoms with E-state index in [9.17, 15) is 0 Å². The maximum absolute atomic E-state index is 16.0. The lowest BCUT2D eigenvalue weighted by Crippen LogP contribution is -2.16. The van der Waals surface area contributed by atoms with E-state index in [0.29, 0.717) is 46.8 Å².